The van der Waals surface area contributed by atoms with E-state index >= 15 is 0 Å². The molecule has 0 N–H and O–H groups in total. The summed E-state index contributed by atoms with van der Waals surface area (Å²) in [6, 6.07) is 1.99. The first-order valence-electron chi connectivity index (χ1n) is 4.38. The first kappa shape index (κ1) is 11.1. The van der Waals surface area contributed by atoms with Crippen molar-refractivity contribution in [2.75, 3.05) is 0 Å². The van der Waals surface area contributed by atoms with Crippen molar-refractivity contribution in [2.45, 2.75) is 23.2 Å². The summed E-state index contributed by atoms with van der Waals surface area (Å²) in [5, 5.41) is 3.02. The van der Waals surface area contributed by atoms with Crippen molar-refractivity contribution in [1.82, 2.24) is 9.97 Å². The summed E-state index contributed by atoms with van der Waals surface area (Å²) < 4.78 is 2.09. The van der Waals surface area contributed by atoms with Crippen LogP contribution < -0.4 is 0 Å². The molecule has 0 unspecified atom stereocenters. The van der Waals surface area contributed by atoms with Crippen LogP contribution in [0.15, 0.2) is 31.5 Å². The molecule has 2 aromatic heterocycles. The number of hydrogen-bond donors (Lipinski definition) is 0. The standard InChI is InChI=1S/C10H9BrN2S2/c1-6-3-4-12-9(8(6)11)15-10-13-7(2)5-14-10/h3-5H,1-2H3. The van der Waals surface area contributed by atoms with Crippen molar-refractivity contribution in [3.05, 3.63) is 33.4 Å². The first-order chi connectivity index (χ1) is 7.16. The van der Waals surface area contributed by atoms with Crippen LogP contribution in [0.25, 0.3) is 0 Å². The van der Waals surface area contributed by atoms with Gasteiger partial charge in [-0.25, -0.2) is 9.97 Å². The van der Waals surface area contributed by atoms with Gasteiger partial charge in [-0.2, -0.15) is 0 Å². The largest absolute Gasteiger partial charge is 0.248 e. The molecule has 0 aliphatic heterocycles. The van der Waals surface area contributed by atoms with Gasteiger partial charge < -0.3 is 0 Å². The van der Waals surface area contributed by atoms with Gasteiger partial charge in [-0.15, -0.1) is 11.3 Å². The van der Waals surface area contributed by atoms with E-state index in [1.54, 1.807) is 23.1 Å². The van der Waals surface area contributed by atoms with Crippen molar-refractivity contribution >= 4 is 39.0 Å². The Morgan fingerprint density at radius 2 is 2.20 bits per heavy atom. The molecule has 0 atom stereocenters. The van der Waals surface area contributed by atoms with E-state index in [0.717, 1.165) is 19.5 Å². The number of nitrogens with zero attached hydrogens (tertiary/aromatic N) is 2. The van der Waals surface area contributed by atoms with E-state index in [1.165, 1.54) is 5.56 Å². The van der Waals surface area contributed by atoms with Crippen LogP contribution >= 0.6 is 39.0 Å². The number of rotatable bonds is 2. The lowest BCUT2D eigenvalue weighted by atomic mass is 10.3. The molecule has 78 valence electrons. The average Bonchev–Trinajstić information content (AvgIpc) is 2.59. The lowest BCUT2D eigenvalue weighted by Crippen LogP contribution is -1.84. The maximum atomic E-state index is 4.40. The molecule has 0 saturated carbocycles. The SMILES string of the molecule is Cc1csc(Sc2nccc(C)c2Br)n1. The van der Waals surface area contributed by atoms with Crippen LogP contribution in [0.1, 0.15) is 11.3 Å². The van der Waals surface area contributed by atoms with Crippen LogP contribution in [0.4, 0.5) is 0 Å². The van der Waals surface area contributed by atoms with Gasteiger partial charge in [0.05, 0.1) is 4.47 Å². The minimum atomic E-state index is 0.976. The second-order valence-electron chi connectivity index (χ2n) is 3.10. The fourth-order valence-electron chi connectivity index (χ4n) is 1.05. The molecule has 2 aromatic rings. The molecule has 2 rings (SSSR count). The molecular formula is C10H9BrN2S2. The molecule has 15 heavy (non-hydrogen) atoms. The number of halogens is 1. The fraction of sp³-hybridized carbons (Fsp3) is 0.200. The predicted octanol–water partition coefficient (Wildman–Crippen LogP) is 4.07. The first-order valence-corrected chi connectivity index (χ1v) is 6.87. The van der Waals surface area contributed by atoms with Gasteiger partial charge in [-0.1, -0.05) is 0 Å². The summed E-state index contributed by atoms with van der Waals surface area (Å²) in [5.74, 6) is 0. The second-order valence-corrected chi connectivity index (χ2v) is 5.99. The number of aryl methyl sites for hydroxylation is 2. The van der Waals surface area contributed by atoms with Gasteiger partial charge in [-0.3, -0.25) is 0 Å². The quantitative estimate of drug-likeness (QED) is 0.836. The van der Waals surface area contributed by atoms with E-state index in [1.807, 2.05) is 24.6 Å². The third-order valence-electron chi connectivity index (χ3n) is 1.83. The van der Waals surface area contributed by atoms with E-state index in [-0.39, 0.29) is 0 Å². The van der Waals surface area contributed by atoms with Gasteiger partial charge >= 0.3 is 0 Å². The Labute approximate surface area is 105 Å². The Morgan fingerprint density at radius 1 is 1.40 bits per heavy atom. The lowest BCUT2D eigenvalue weighted by Gasteiger charge is -2.02. The normalized spacial score (nSPS) is 10.6. The molecule has 0 amide bonds. The van der Waals surface area contributed by atoms with Gasteiger partial charge in [0.15, 0.2) is 4.34 Å². The van der Waals surface area contributed by atoms with Crippen molar-refractivity contribution in [3.8, 4) is 0 Å². The summed E-state index contributed by atoms with van der Waals surface area (Å²) in [6.45, 7) is 4.06. The van der Waals surface area contributed by atoms with Crippen molar-refractivity contribution in [1.29, 1.82) is 0 Å². The Kier molecular flexibility index (Phi) is 3.43. The van der Waals surface area contributed by atoms with Crippen LogP contribution in [0.3, 0.4) is 0 Å². The maximum Gasteiger partial charge on any atom is 0.156 e. The smallest absolute Gasteiger partial charge is 0.156 e. The monoisotopic (exact) mass is 300 g/mol. The van der Waals surface area contributed by atoms with Gasteiger partial charge in [0, 0.05) is 17.3 Å². The Bertz CT molecular complexity index is 482. The van der Waals surface area contributed by atoms with E-state index in [2.05, 4.69) is 32.8 Å². The molecular weight excluding hydrogens is 292 g/mol. The number of aromatic nitrogens is 2. The van der Waals surface area contributed by atoms with Gasteiger partial charge in [0.2, 0.25) is 0 Å². The molecule has 0 radical (unpaired) electrons. The fourth-order valence-corrected chi connectivity index (χ4v) is 3.34. The summed E-state index contributed by atoms with van der Waals surface area (Å²) >= 11 is 6.79. The Balaban J connectivity index is 2.28. The topological polar surface area (TPSA) is 25.8 Å². The predicted molar refractivity (Wildman–Crippen MR) is 67.6 cm³/mol. The van der Waals surface area contributed by atoms with Crippen molar-refractivity contribution in [3.63, 3.8) is 0 Å². The van der Waals surface area contributed by atoms with Gasteiger partial charge in [0.1, 0.15) is 5.03 Å². The highest BCUT2D eigenvalue weighted by molar-refractivity contribution is 9.10. The summed E-state index contributed by atoms with van der Waals surface area (Å²) in [7, 11) is 0. The molecule has 0 bridgehead atoms. The van der Waals surface area contributed by atoms with Gasteiger partial charge in [-0.05, 0) is 53.2 Å². The Hall–Kier alpha value is -0.390. The number of hydrogen-bond acceptors (Lipinski definition) is 4. The van der Waals surface area contributed by atoms with E-state index in [4.69, 9.17) is 0 Å². The molecule has 2 heterocycles. The second kappa shape index (κ2) is 4.63. The van der Waals surface area contributed by atoms with Gasteiger partial charge in [0.25, 0.3) is 0 Å². The van der Waals surface area contributed by atoms with Crippen LogP contribution in [-0.4, -0.2) is 9.97 Å². The zero-order chi connectivity index (χ0) is 10.8. The highest BCUT2D eigenvalue weighted by atomic mass is 79.9. The van der Waals surface area contributed by atoms with E-state index in [9.17, 15) is 0 Å². The summed E-state index contributed by atoms with van der Waals surface area (Å²) in [6.07, 6.45) is 1.82. The van der Waals surface area contributed by atoms with Crippen LogP contribution in [0.2, 0.25) is 0 Å². The van der Waals surface area contributed by atoms with Crippen LogP contribution in [-0.2, 0) is 0 Å². The highest BCUT2D eigenvalue weighted by Gasteiger charge is 2.08. The molecule has 0 aromatic carbocycles. The van der Waals surface area contributed by atoms with Crippen LogP contribution in [0, 0.1) is 13.8 Å². The zero-order valence-corrected chi connectivity index (χ0v) is 11.5. The van der Waals surface area contributed by atoms with Crippen molar-refractivity contribution in [2.24, 2.45) is 0 Å². The highest BCUT2D eigenvalue weighted by Crippen LogP contribution is 2.34. The third-order valence-corrected chi connectivity index (χ3v) is 5.16. The average molecular weight is 301 g/mol. The molecule has 0 saturated heterocycles. The minimum Gasteiger partial charge on any atom is -0.248 e. The molecule has 0 aliphatic rings. The molecule has 0 aliphatic carbocycles. The number of thiazole rings is 1. The molecule has 2 nitrogen and oxygen atoms in total. The lowest BCUT2D eigenvalue weighted by molar-refractivity contribution is 1.07. The number of pyridine rings is 1. The van der Waals surface area contributed by atoms with Crippen LogP contribution in [0.5, 0.6) is 0 Å². The van der Waals surface area contributed by atoms with Crippen molar-refractivity contribution < 1.29 is 0 Å². The van der Waals surface area contributed by atoms with E-state index < -0.39 is 0 Å². The molecule has 0 spiro atoms. The Morgan fingerprint density at radius 3 is 2.87 bits per heavy atom. The molecule has 5 heteroatoms. The molecule has 0 fully saturated rings. The summed E-state index contributed by atoms with van der Waals surface area (Å²) in [5.41, 5.74) is 2.26. The third kappa shape index (κ3) is 2.59. The minimum absolute atomic E-state index is 0.976. The maximum absolute atomic E-state index is 4.40. The summed E-state index contributed by atoms with van der Waals surface area (Å²) in [4.78, 5) is 8.72. The van der Waals surface area contributed by atoms with E-state index in [0.29, 0.717) is 0 Å². The zero-order valence-electron chi connectivity index (χ0n) is 8.32.